The maximum atomic E-state index is 12.0. The summed E-state index contributed by atoms with van der Waals surface area (Å²) in [5, 5.41) is 7.97. The molecule has 1 aromatic carbocycles. The second-order valence-corrected chi connectivity index (χ2v) is 6.43. The van der Waals surface area contributed by atoms with Crippen LogP contribution < -0.4 is 16.0 Å². The van der Waals surface area contributed by atoms with Crippen molar-refractivity contribution in [3.05, 3.63) is 35.4 Å². The third kappa shape index (κ3) is 4.55. The van der Waals surface area contributed by atoms with E-state index in [1.54, 1.807) is 6.92 Å². The Bertz CT molecular complexity index is 565. The Balaban J connectivity index is 2.05. The number of urea groups is 1. The summed E-state index contributed by atoms with van der Waals surface area (Å²) in [4.78, 5) is 23.3. The first-order valence-corrected chi connectivity index (χ1v) is 8.38. The van der Waals surface area contributed by atoms with Crippen LogP contribution in [0.5, 0.6) is 0 Å². The lowest BCUT2D eigenvalue weighted by molar-refractivity contribution is -0.121. The summed E-state index contributed by atoms with van der Waals surface area (Å²) in [6.07, 6.45) is 1.82. The molecule has 2 rings (SSSR count). The molecule has 6 nitrogen and oxygen atoms in total. The van der Waals surface area contributed by atoms with E-state index in [1.807, 2.05) is 0 Å². The summed E-state index contributed by atoms with van der Waals surface area (Å²) in [6, 6.07) is 7.62. The number of nitrogens with one attached hydrogen (secondary N) is 3. The Morgan fingerprint density at radius 1 is 1.21 bits per heavy atom. The molecule has 1 aromatic rings. The maximum Gasteiger partial charge on any atom is 0.321 e. The quantitative estimate of drug-likeness (QED) is 0.762. The fraction of sp³-hybridized carbons (Fsp3) is 0.556. The van der Waals surface area contributed by atoms with Crippen LogP contribution in [0.4, 0.5) is 4.79 Å². The van der Waals surface area contributed by atoms with Crippen molar-refractivity contribution in [3.63, 3.8) is 0 Å². The van der Waals surface area contributed by atoms with Crippen molar-refractivity contribution in [2.45, 2.75) is 38.1 Å². The zero-order valence-electron chi connectivity index (χ0n) is 14.6. The predicted molar refractivity (Wildman–Crippen MR) is 93.0 cm³/mol. The number of ether oxygens (including phenoxy) is 1. The summed E-state index contributed by atoms with van der Waals surface area (Å²) in [7, 11) is 1.48. The summed E-state index contributed by atoms with van der Waals surface area (Å²) < 4.78 is 5.53. The zero-order chi connectivity index (χ0) is 17.6. The molecule has 3 amide bonds. The van der Waals surface area contributed by atoms with Crippen LogP contribution in [-0.4, -0.2) is 44.8 Å². The van der Waals surface area contributed by atoms with Gasteiger partial charge in [-0.05, 0) is 32.3 Å². The van der Waals surface area contributed by atoms with Gasteiger partial charge in [-0.15, -0.1) is 0 Å². The van der Waals surface area contributed by atoms with E-state index in [0.717, 1.165) is 12.8 Å². The monoisotopic (exact) mass is 333 g/mol. The number of benzene rings is 1. The Hall–Kier alpha value is -1.92. The van der Waals surface area contributed by atoms with Gasteiger partial charge in [0.1, 0.15) is 0 Å². The highest BCUT2D eigenvalue weighted by atomic mass is 16.5. The predicted octanol–water partition coefficient (Wildman–Crippen LogP) is 1.48. The van der Waals surface area contributed by atoms with Crippen molar-refractivity contribution < 1.29 is 14.3 Å². The van der Waals surface area contributed by atoms with E-state index in [2.05, 4.69) is 47.1 Å². The molecule has 24 heavy (non-hydrogen) atoms. The molecule has 0 unspecified atom stereocenters. The van der Waals surface area contributed by atoms with E-state index < -0.39 is 12.1 Å². The summed E-state index contributed by atoms with van der Waals surface area (Å²) in [5.41, 5.74) is 2.45. The van der Waals surface area contributed by atoms with Crippen molar-refractivity contribution in [2.24, 2.45) is 0 Å². The van der Waals surface area contributed by atoms with Crippen LogP contribution >= 0.6 is 0 Å². The first-order valence-electron chi connectivity index (χ1n) is 8.38. The molecule has 1 aliphatic rings. The molecule has 1 atom stereocenters. The standard InChI is InChI=1S/C18H27N3O3/c1-13-4-6-15(7-5-13)18(8-10-24-11-9-18)12-20-14(2)16(22)21-17(23)19-3/h4-7,14,20H,8-12H2,1-3H3,(H2,19,21,22,23)/t14-/m1/s1. The molecule has 1 fully saturated rings. The third-order valence-corrected chi connectivity index (χ3v) is 4.72. The lowest BCUT2D eigenvalue weighted by Crippen LogP contribution is -2.51. The molecule has 0 bridgehead atoms. The number of imide groups is 1. The van der Waals surface area contributed by atoms with E-state index >= 15 is 0 Å². The van der Waals surface area contributed by atoms with Gasteiger partial charge in [-0.25, -0.2) is 4.79 Å². The molecule has 132 valence electrons. The van der Waals surface area contributed by atoms with E-state index in [-0.39, 0.29) is 11.3 Å². The molecule has 0 spiro atoms. The molecule has 0 aromatic heterocycles. The van der Waals surface area contributed by atoms with E-state index in [9.17, 15) is 9.59 Å². The molecular formula is C18H27N3O3. The van der Waals surface area contributed by atoms with Gasteiger partial charge in [0.25, 0.3) is 0 Å². The summed E-state index contributed by atoms with van der Waals surface area (Å²) in [6.45, 7) is 5.94. The minimum atomic E-state index is -0.493. The number of carbonyl (C=O) groups is 2. The Kier molecular flexibility index (Phi) is 6.34. The molecular weight excluding hydrogens is 306 g/mol. The van der Waals surface area contributed by atoms with Crippen LogP contribution in [-0.2, 0) is 14.9 Å². The van der Waals surface area contributed by atoms with Crippen LogP contribution in [0.15, 0.2) is 24.3 Å². The van der Waals surface area contributed by atoms with Crippen LogP contribution in [0.2, 0.25) is 0 Å². The lowest BCUT2D eigenvalue weighted by atomic mass is 9.74. The molecule has 0 radical (unpaired) electrons. The molecule has 1 saturated heterocycles. The van der Waals surface area contributed by atoms with Gasteiger partial charge in [-0.2, -0.15) is 0 Å². The van der Waals surface area contributed by atoms with Gasteiger partial charge in [-0.3, -0.25) is 10.1 Å². The molecule has 3 N–H and O–H groups in total. The van der Waals surface area contributed by atoms with E-state index in [1.165, 1.54) is 18.2 Å². The molecule has 6 heteroatoms. The minimum absolute atomic E-state index is 0.0481. The van der Waals surface area contributed by atoms with Gasteiger partial charge in [0.2, 0.25) is 5.91 Å². The molecule has 1 heterocycles. The highest BCUT2D eigenvalue weighted by molar-refractivity contribution is 5.96. The van der Waals surface area contributed by atoms with Crippen molar-refractivity contribution >= 4 is 11.9 Å². The van der Waals surface area contributed by atoms with Gasteiger partial charge in [0, 0.05) is 32.2 Å². The van der Waals surface area contributed by atoms with Gasteiger partial charge in [0.05, 0.1) is 6.04 Å². The number of hydrogen-bond acceptors (Lipinski definition) is 4. The Morgan fingerprint density at radius 2 is 1.83 bits per heavy atom. The van der Waals surface area contributed by atoms with E-state index in [0.29, 0.717) is 19.8 Å². The van der Waals surface area contributed by atoms with Crippen LogP contribution in [0.3, 0.4) is 0 Å². The fourth-order valence-electron chi connectivity index (χ4n) is 2.96. The average Bonchev–Trinajstić information content (AvgIpc) is 2.60. The summed E-state index contributed by atoms with van der Waals surface area (Å²) in [5.74, 6) is -0.333. The Labute approximate surface area is 143 Å². The third-order valence-electron chi connectivity index (χ3n) is 4.72. The number of amides is 3. The Morgan fingerprint density at radius 3 is 2.42 bits per heavy atom. The summed E-state index contributed by atoms with van der Waals surface area (Å²) >= 11 is 0. The largest absolute Gasteiger partial charge is 0.381 e. The number of rotatable bonds is 5. The highest BCUT2D eigenvalue weighted by Gasteiger charge is 2.35. The smallest absolute Gasteiger partial charge is 0.321 e. The van der Waals surface area contributed by atoms with Gasteiger partial charge in [0.15, 0.2) is 0 Å². The second-order valence-electron chi connectivity index (χ2n) is 6.43. The highest BCUT2D eigenvalue weighted by Crippen LogP contribution is 2.34. The zero-order valence-corrected chi connectivity index (χ0v) is 14.6. The average molecular weight is 333 g/mol. The van der Waals surface area contributed by atoms with Crippen molar-refractivity contribution in [3.8, 4) is 0 Å². The first kappa shape index (κ1) is 18.4. The topological polar surface area (TPSA) is 79.5 Å². The molecule has 0 aliphatic carbocycles. The van der Waals surface area contributed by atoms with E-state index in [4.69, 9.17) is 4.74 Å². The number of carbonyl (C=O) groups excluding carboxylic acids is 2. The van der Waals surface area contributed by atoms with Crippen molar-refractivity contribution in [1.29, 1.82) is 0 Å². The van der Waals surface area contributed by atoms with Gasteiger partial charge < -0.3 is 15.4 Å². The van der Waals surface area contributed by atoms with Crippen LogP contribution in [0.25, 0.3) is 0 Å². The van der Waals surface area contributed by atoms with Gasteiger partial charge in [-0.1, -0.05) is 29.8 Å². The lowest BCUT2D eigenvalue weighted by Gasteiger charge is -2.38. The second kappa shape index (κ2) is 8.26. The molecule has 1 aliphatic heterocycles. The molecule has 0 saturated carbocycles. The van der Waals surface area contributed by atoms with Crippen LogP contribution in [0.1, 0.15) is 30.9 Å². The van der Waals surface area contributed by atoms with Crippen molar-refractivity contribution in [1.82, 2.24) is 16.0 Å². The number of aryl methyl sites for hydroxylation is 1. The first-order chi connectivity index (χ1) is 11.5. The number of hydrogen-bond donors (Lipinski definition) is 3. The van der Waals surface area contributed by atoms with Crippen molar-refractivity contribution in [2.75, 3.05) is 26.8 Å². The van der Waals surface area contributed by atoms with Crippen LogP contribution in [0, 0.1) is 6.92 Å². The SMILES string of the molecule is CNC(=O)NC(=O)[C@@H](C)NCC1(c2ccc(C)cc2)CCOCC1. The fourth-order valence-corrected chi connectivity index (χ4v) is 2.96. The normalized spacial score (nSPS) is 17.8. The maximum absolute atomic E-state index is 12.0. The van der Waals surface area contributed by atoms with Gasteiger partial charge >= 0.3 is 6.03 Å². The minimum Gasteiger partial charge on any atom is -0.381 e.